The average molecular weight is 412 g/mol. The van der Waals surface area contributed by atoms with E-state index >= 15 is 0 Å². The van der Waals surface area contributed by atoms with Gasteiger partial charge in [0, 0.05) is 48.6 Å². The zero-order chi connectivity index (χ0) is 21.8. The van der Waals surface area contributed by atoms with Gasteiger partial charge >= 0.3 is 0 Å². The van der Waals surface area contributed by atoms with Gasteiger partial charge < -0.3 is 4.90 Å². The molecule has 1 amide bonds. The fourth-order valence-electron chi connectivity index (χ4n) is 4.92. The Balaban J connectivity index is 1.71. The molecule has 0 radical (unpaired) electrons. The number of carbonyl (C=O) groups is 1. The largest absolute Gasteiger partial charge is 0.336 e. The average Bonchev–Trinajstić information content (AvgIpc) is 3.46. The summed E-state index contributed by atoms with van der Waals surface area (Å²) in [6, 6.07) is 7.68. The Morgan fingerprint density at radius 2 is 1.90 bits per heavy atom. The van der Waals surface area contributed by atoms with Crippen molar-refractivity contribution < 1.29 is 4.79 Å². The molecular weight excluding hydrogens is 388 g/mol. The molecule has 0 atom stereocenters. The molecule has 1 aliphatic carbocycles. The van der Waals surface area contributed by atoms with Crippen molar-refractivity contribution in [3.05, 3.63) is 53.2 Å². The SMILES string of the molecule is CN1Cc2ncc(-c3nc(C#N)ccc3-c3cn(C)nc3C3(C)CCCC3)cc2C1=O. The maximum atomic E-state index is 12.5. The van der Waals surface area contributed by atoms with Crippen molar-refractivity contribution in [1.29, 1.82) is 5.26 Å². The fraction of sp³-hybridized carbons (Fsp3) is 0.375. The minimum Gasteiger partial charge on any atom is -0.336 e. The van der Waals surface area contributed by atoms with Gasteiger partial charge in [0.2, 0.25) is 0 Å². The highest BCUT2D eigenvalue weighted by atomic mass is 16.2. The van der Waals surface area contributed by atoms with Crippen molar-refractivity contribution in [2.24, 2.45) is 7.05 Å². The first-order valence-corrected chi connectivity index (χ1v) is 10.6. The molecule has 3 aromatic rings. The molecule has 3 aromatic heterocycles. The second-order valence-electron chi connectivity index (χ2n) is 8.92. The number of aromatic nitrogens is 4. The summed E-state index contributed by atoms with van der Waals surface area (Å²) in [5.41, 5.74) is 6.15. The lowest BCUT2D eigenvalue weighted by molar-refractivity contribution is 0.0816. The molecule has 7 heteroatoms. The highest BCUT2D eigenvalue weighted by molar-refractivity contribution is 5.99. The number of hydrogen-bond acceptors (Lipinski definition) is 5. The normalized spacial score (nSPS) is 17.1. The molecule has 1 aliphatic heterocycles. The van der Waals surface area contributed by atoms with Crippen molar-refractivity contribution in [2.75, 3.05) is 7.05 Å². The number of nitriles is 1. The van der Waals surface area contributed by atoms with E-state index in [1.165, 1.54) is 12.8 Å². The van der Waals surface area contributed by atoms with Gasteiger partial charge in [-0.1, -0.05) is 19.8 Å². The second kappa shape index (κ2) is 7.02. The molecule has 7 nitrogen and oxygen atoms in total. The van der Waals surface area contributed by atoms with Gasteiger partial charge in [-0.3, -0.25) is 14.5 Å². The first-order chi connectivity index (χ1) is 14.9. The quantitative estimate of drug-likeness (QED) is 0.652. The summed E-state index contributed by atoms with van der Waals surface area (Å²) >= 11 is 0. The number of nitrogens with zero attached hydrogens (tertiary/aromatic N) is 6. The first kappa shape index (κ1) is 19.4. The maximum Gasteiger partial charge on any atom is 0.255 e. The predicted molar refractivity (Wildman–Crippen MR) is 116 cm³/mol. The van der Waals surface area contributed by atoms with Gasteiger partial charge in [-0.2, -0.15) is 10.4 Å². The zero-order valence-corrected chi connectivity index (χ0v) is 18.0. The van der Waals surface area contributed by atoms with E-state index in [2.05, 4.69) is 23.0 Å². The van der Waals surface area contributed by atoms with Crippen molar-refractivity contribution in [3.63, 3.8) is 0 Å². The van der Waals surface area contributed by atoms with Crippen LogP contribution in [0, 0.1) is 11.3 Å². The molecule has 1 saturated carbocycles. The van der Waals surface area contributed by atoms with Gasteiger partial charge in [0.05, 0.1) is 29.2 Å². The van der Waals surface area contributed by atoms with E-state index in [0.29, 0.717) is 23.5 Å². The lowest BCUT2D eigenvalue weighted by Crippen LogP contribution is -2.19. The number of fused-ring (bicyclic) bond motifs is 1. The standard InChI is InChI=1S/C24H24N6O/c1-24(8-4-5-9-24)22-19(13-30(3)28-22)17-7-6-16(11-25)27-21(17)15-10-18-20(26-12-15)14-29(2)23(18)31/h6-7,10,12-13H,4-5,8-9,14H2,1-3H3. The van der Waals surface area contributed by atoms with Gasteiger partial charge in [-0.05, 0) is 31.0 Å². The van der Waals surface area contributed by atoms with Crippen LogP contribution in [-0.4, -0.2) is 37.6 Å². The summed E-state index contributed by atoms with van der Waals surface area (Å²) in [6.45, 7) is 2.80. The Kier molecular flexibility index (Phi) is 4.40. The summed E-state index contributed by atoms with van der Waals surface area (Å²) < 4.78 is 1.86. The lowest BCUT2D eigenvalue weighted by Gasteiger charge is -2.23. The topological polar surface area (TPSA) is 87.7 Å². The van der Waals surface area contributed by atoms with Gasteiger partial charge in [0.15, 0.2) is 0 Å². The highest BCUT2D eigenvalue weighted by Gasteiger charge is 2.36. The monoisotopic (exact) mass is 412 g/mol. The van der Waals surface area contributed by atoms with Crippen LogP contribution in [-0.2, 0) is 19.0 Å². The predicted octanol–water partition coefficient (Wildman–Crippen LogP) is 3.83. The molecule has 0 aromatic carbocycles. The van der Waals surface area contributed by atoms with Crippen LogP contribution < -0.4 is 0 Å². The number of rotatable bonds is 3. The van der Waals surface area contributed by atoms with Crippen molar-refractivity contribution in [2.45, 2.75) is 44.6 Å². The number of amides is 1. The zero-order valence-electron chi connectivity index (χ0n) is 18.0. The molecule has 5 rings (SSSR count). The summed E-state index contributed by atoms with van der Waals surface area (Å²) in [5.74, 6) is -0.0390. The molecule has 31 heavy (non-hydrogen) atoms. The van der Waals surface area contributed by atoms with E-state index in [4.69, 9.17) is 5.10 Å². The van der Waals surface area contributed by atoms with Crippen LogP contribution in [0.3, 0.4) is 0 Å². The van der Waals surface area contributed by atoms with E-state index in [1.807, 2.05) is 30.1 Å². The Hall–Kier alpha value is -3.53. The minimum absolute atomic E-state index is 0.0244. The van der Waals surface area contributed by atoms with Crippen molar-refractivity contribution >= 4 is 5.91 Å². The third-order valence-electron chi connectivity index (χ3n) is 6.62. The summed E-state index contributed by atoms with van der Waals surface area (Å²) in [5, 5.41) is 14.3. The van der Waals surface area contributed by atoms with Crippen molar-refractivity contribution in [3.8, 4) is 28.5 Å². The van der Waals surface area contributed by atoms with Crippen LogP contribution in [0.25, 0.3) is 22.4 Å². The number of hydrogen-bond donors (Lipinski definition) is 0. The van der Waals surface area contributed by atoms with E-state index in [1.54, 1.807) is 24.2 Å². The molecule has 0 unspecified atom stereocenters. The third kappa shape index (κ3) is 3.10. The molecule has 4 heterocycles. The van der Waals surface area contributed by atoms with Crippen LogP contribution in [0.15, 0.2) is 30.6 Å². The third-order valence-corrected chi connectivity index (χ3v) is 6.62. The van der Waals surface area contributed by atoms with Crippen LogP contribution in [0.2, 0.25) is 0 Å². The molecule has 2 aliphatic rings. The summed E-state index contributed by atoms with van der Waals surface area (Å²) in [7, 11) is 3.71. The Morgan fingerprint density at radius 3 is 2.65 bits per heavy atom. The first-order valence-electron chi connectivity index (χ1n) is 10.6. The van der Waals surface area contributed by atoms with Gasteiger partial charge in [-0.25, -0.2) is 4.98 Å². The maximum absolute atomic E-state index is 12.5. The Morgan fingerprint density at radius 1 is 1.13 bits per heavy atom. The van der Waals surface area contributed by atoms with E-state index < -0.39 is 0 Å². The Labute approximate surface area is 181 Å². The molecule has 1 fully saturated rings. The molecular formula is C24H24N6O. The van der Waals surface area contributed by atoms with E-state index in [-0.39, 0.29) is 11.3 Å². The van der Waals surface area contributed by atoms with Crippen LogP contribution >= 0.6 is 0 Å². The molecule has 0 bridgehead atoms. The van der Waals surface area contributed by atoms with Crippen LogP contribution in [0.4, 0.5) is 0 Å². The van der Waals surface area contributed by atoms with Gasteiger partial charge in [0.25, 0.3) is 5.91 Å². The molecule has 156 valence electrons. The number of pyridine rings is 2. The van der Waals surface area contributed by atoms with Crippen LogP contribution in [0.5, 0.6) is 0 Å². The smallest absolute Gasteiger partial charge is 0.255 e. The van der Waals surface area contributed by atoms with Crippen molar-refractivity contribution in [1.82, 2.24) is 24.6 Å². The summed E-state index contributed by atoms with van der Waals surface area (Å²) in [4.78, 5) is 23.4. The highest BCUT2D eigenvalue weighted by Crippen LogP contribution is 2.45. The second-order valence-corrected chi connectivity index (χ2v) is 8.92. The number of aryl methyl sites for hydroxylation is 1. The van der Waals surface area contributed by atoms with E-state index in [0.717, 1.165) is 40.9 Å². The van der Waals surface area contributed by atoms with E-state index in [9.17, 15) is 10.1 Å². The summed E-state index contributed by atoms with van der Waals surface area (Å²) in [6.07, 6.45) is 8.41. The minimum atomic E-state index is -0.0390. The number of carbonyl (C=O) groups excluding carboxylic acids is 1. The molecule has 0 spiro atoms. The van der Waals surface area contributed by atoms with Crippen LogP contribution in [0.1, 0.15) is 60.0 Å². The van der Waals surface area contributed by atoms with Gasteiger partial charge in [-0.15, -0.1) is 0 Å². The lowest BCUT2D eigenvalue weighted by atomic mass is 9.81. The molecule has 0 saturated heterocycles. The van der Waals surface area contributed by atoms with Gasteiger partial charge in [0.1, 0.15) is 11.8 Å². The fourth-order valence-corrected chi connectivity index (χ4v) is 4.92. The molecule has 0 N–H and O–H groups in total. The Bertz CT molecular complexity index is 1250.